The third-order valence-electron chi connectivity index (χ3n) is 1.59. The molecule has 0 heterocycles. The molecule has 0 amide bonds. The van der Waals surface area contributed by atoms with Crippen LogP contribution in [0.25, 0.3) is 0 Å². The maximum absolute atomic E-state index is 2.23. The van der Waals surface area contributed by atoms with Gasteiger partial charge in [0.1, 0.15) is 0 Å². The Balaban J connectivity index is 2.83. The zero-order valence-electron chi connectivity index (χ0n) is 7.16. The van der Waals surface area contributed by atoms with Crippen LogP contribution in [0.2, 0.25) is 5.82 Å². The van der Waals surface area contributed by atoms with Crippen LogP contribution >= 0.6 is 0 Å². The molecule has 0 aliphatic rings. The van der Waals surface area contributed by atoms with Crippen molar-refractivity contribution in [1.29, 1.82) is 0 Å². The first kappa shape index (κ1) is 8.63. The minimum absolute atomic E-state index is 0.630. The molecule has 11 heavy (non-hydrogen) atoms. The quantitative estimate of drug-likeness (QED) is 0.667. The first-order valence-electron chi connectivity index (χ1n) is 3.55. The van der Waals surface area contributed by atoms with E-state index in [0.717, 1.165) is 0 Å². The number of hydrogen-bond donors (Lipinski definition) is 0. The van der Waals surface area contributed by atoms with Gasteiger partial charge in [0.2, 0.25) is 0 Å². The van der Waals surface area contributed by atoms with Gasteiger partial charge < -0.3 is 0 Å². The Morgan fingerprint density at radius 2 is 1.64 bits per heavy atom. The maximum atomic E-state index is 2.23. The number of hydrogen-bond acceptors (Lipinski definition) is 1. The van der Waals surface area contributed by atoms with Gasteiger partial charge in [-0.05, 0) is 0 Å². The molecule has 0 aliphatic heterocycles. The van der Waals surface area contributed by atoms with E-state index in [4.69, 9.17) is 0 Å². The Morgan fingerprint density at radius 1 is 1.09 bits per heavy atom. The normalized spacial score (nSPS) is 9.73. The van der Waals surface area contributed by atoms with Crippen molar-refractivity contribution in [2.24, 2.45) is 0 Å². The predicted octanol–water partition coefficient (Wildman–Crippen LogP) is 1.13. The zero-order chi connectivity index (χ0) is 8.27. The van der Waals surface area contributed by atoms with Gasteiger partial charge in [-0.3, -0.25) is 0 Å². The van der Waals surface area contributed by atoms with E-state index in [0.29, 0.717) is 15.0 Å². The van der Waals surface area contributed by atoms with Gasteiger partial charge in [-0.25, -0.2) is 0 Å². The summed E-state index contributed by atoms with van der Waals surface area (Å²) in [5, 5.41) is 0. The standard InChI is InChI=1S/C9H13NSe/c1-10(2)8-4-6-9(11-3)7-5-8/h4-7H,1-3H3. The molecule has 2 heteroatoms. The van der Waals surface area contributed by atoms with Crippen molar-refractivity contribution in [3.8, 4) is 0 Å². The van der Waals surface area contributed by atoms with Gasteiger partial charge in [0, 0.05) is 0 Å². The van der Waals surface area contributed by atoms with E-state index >= 15 is 0 Å². The van der Waals surface area contributed by atoms with Crippen molar-refractivity contribution in [2.45, 2.75) is 5.82 Å². The summed E-state index contributed by atoms with van der Waals surface area (Å²) < 4.78 is 1.46. The van der Waals surface area contributed by atoms with E-state index in [-0.39, 0.29) is 0 Å². The van der Waals surface area contributed by atoms with E-state index in [1.165, 1.54) is 10.1 Å². The van der Waals surface area contributed by atoms with E-state index in [2.05, 4.69) is 49.1 Å². The molecule has 0 aliphatic carbocycles. The van der Waals surface area contributed by atoms with E-state index in [1.54, 1.807) is 0 Å². The van der Waals surface area contributed by atoms with Gasteiger partial charge in [-0.2, -0.15) is 0 Å². The number of benzene rings is 1. The molecule has 0 aromatic heterocycles. The summed E-state index contributed by atoms with van der Waals surface area (Å²) in [4.78, 5) is 2.12. The van der Waals surface area contributed by atoms with Gasteiger partial charge in [0.05, 0.1) is 0 Å². The van der Waals surface area contributed by atoms with Crippen LogP contribution in [0.1, 0.15) is 0 Å². The summed E-state index contributed by atoms with van der Waals surface area (Å²) in [5.41, 5.74) is 1.28. The van der Waals surface area contributed by atoms with Crippen LogP contribution < -0.4 is 9.36 Å². The van der Waals surface area contributed by atoms with Crippen LogP contribution in [0.3, 0.4) is 0 Å². The van der Waals surface area contributed by atoms with Crippen LogP contribution in [-0.4, -0.2) is 29.1 Å². The predicted molar refractivity (Wildman–Crippen MR) is 52.0 cm³/mol. The fraction of sp³-hybridized carbons (Fsp3) is 0.333. The monoisotopic (exact) mass is 215 g/mol. The molecule has 0 bridgehead atoms. The fourth-order valence-electron chi connectivity index (χ4n) is 0.880. The second-order valence-electron chi connectivity index (χ2n) is 2.59. The average molecular weight is 214 g/mol. The third kappa shape index (κ3) is 2.25. The molecule has 0 atom stereocenters. The number of rotatable bonds is 2. The molecule has 0 saturated heterocycles. The van der Waals surface area contributed by atoms with Crippen LogP contribution in [-0.2, 0) is 0 Å². The van der Waals surface area contributed by atoms with Gasteiger partial charge in [-0.1, -0.05) is 0 Å². The van der Waals surface area contributed by atoms with Crippen LogP contribution in [0.15, 0.2) is 24.3 Å². The van der Waals surface area contributed by atoms with Crippen molar-refractivity contribution in [2.75, 3.05) is 19.0 Å². The second kappa shape index (κ2) is 3.79. The summed E-state index contributed by atoms with van der Waals surface area (Å²) in [6.07, 6.45) is 0. The molecule has 1 nitrogen and oxygen atoms in total. The van der Waals surface area contributed by atoms with Gasteiger partial charge >= 0.3 is 74.2 Å². The molecule has 0 N–H and O–H groups in total. The SMILES string of the molecule is C[Se]c1ccc(N(C)C)cc1. The summed E-state index contributed by atoms with van der Waals surface area (Å²) in [6.45, 7) is 0. The summed E-state index contributed by atoms with van der Waals surface area (Å²) in [6, 6.07) is 8.74. The summed E-state index contributed by atoms with van der Waals surface area (Å²) in [5.74, 6) is 2.23. The minimum atomic E-state index is 0.630. The zero-order valence-corrected chi connectivity index (χ0v) is 8.88. The van der Waals surface area contributed by atoms with Crippen LogP contribution in [0.5, 0.6) is 0 Å². The molecular weight excluding hydrogens is 201 g/mol. The third-order valence-corrected chi connectivity index (χ3v) is 3.15. The van der Waals surface area contributed by atoms with Crippen molar-refractivity contribution >= 4 is 25.1 Å². The Bertz CT molecular complexity index is 216. The van der Waals surface area contributed by atoms with Gasteiger partial charge in [0.15, 0.2) is 0 Å². The average Bonchev–Trinajstić information content (AvgIpc) is 2.05. The number of anilines is 1. The molecule has 1 rings (SSSR count). The summed E-state index contributed by atoms with van der Waals surface area (Å²) >= 11 is 0.630. The van der Waals surface area contributed by atoms with Crippen molar-refractivity contribution in [3.05, 3.63) is 24.3 Å². The Hall–Kier alpha value is -0.461. The number of nitrogens with zero attached hydrogens (tertiary/aromatic N) is 1. The Kier molecular flexibility index (Phi) is 2.98. The topological polar surface area (TPSA) is 3.24 Å². The first-order valence-corrected chi connectivity index (χ1v) is 6.12. The Labute approximate surface area is 74.6 Å². The fourth-order valence-corrected chi connectivity index (χ4v) is 1.74. The second-order valence-corrected chi connectivity index (χ2v) is 4.44. The molecule has 1 aromatic rings. The molecule has 60 valence electrons. The van der Waals surface area contributed by atoms with Crippen molar-refractivity contribution < 1.29 is 0 Å². The molecule has 1 aromatic carbocycles. The van der Waals surface area contributed by atoms with E-state index in [1.807, 2.05) is 0 Å². The molecule has 0 spiro atoms. The van der Waals surface area contributed by atoms with E-state index in [9.17, 15) is 0 Å². The molecule has 0 unspecified atom stereocenters. The van der Waals surface area contributed by atoms with Gasteiger partial charge in [0.25, 0.3) is 0 Å². The van der Waals surface area contributed by atoms with Crippen molar-refractivity contribution in [1.82, 2.24) is 0 Å². The summed E-state index contributed by atoms with van der Waals surface area (Å²) in [7, 11) is 4.12. The first-order chi connectivity index (χ1) is 5.24. The van der Waals surface area contributed by atoms with Crippen molar-refractivity contribution in [3.63, 3.8) is 0 Å². The van der Waals surface area contributed by atoms with Gasteiger partial charge in [-0.15, -0.1) is 0 Å². The Morgan fingerprint density at radius 3 is 2.00 bits per heavy atom. The van der Waals surface area contributed by atoms with Crippen LogP contribution in [0, 0.1) is 0 Å². The molecule has 0 fully saturated rings. The van der Waals surface area contributed by atoms with E-state index < -0.39 is 0 Å². The molecular formula is C9H13NSe. The molecule has 0 saturated carbocycles. The van der Waals surface area contributed by atoms with Crippen LogP contribution in [0.4, 0.5) is 5.69 Å². The molecule has 0 radical (unpaired) electrons.